The van der Waals surface area contributed by atoms with Crippen LogP contribution in [0.2, 0.25) is 0 Å². The Morgan fingerprint density at radius 1 is 1.44 bits per heavy atom. The fraction of sp³-hybridized carbons (Fsp3) is 0.846. The first-order valence-electron chi connectivity index (χ1n) is 6.86. The van der Waals surface area contributed by atoms with Gasteiger partial charge in [0.15, 0.2) is 0 Å². The van der Waals surface area contributed by atoms with Crippen molar-refractivity contribution in [3.63, 3.8) is 0 Å². The molecule has 0 aliphatic carbocycles. The van der Waals surface area contributed by atoms with Crippen molar-refractivity contribution in [3.05, 3.63) is 0 Å². The van der Waals surface area contributed by atoms with Gasteiger partial charge < -0.3 is 15.5 Å². The second kappa shape index (κ2) is 8.08. The normalized spacial score (nSPS) is 19.3. The van der Waals surface area contributed by atoms with E-state index in [1.54, 1.807) is 0 Å². The minimum atomic E-state index is -0.154. The molecule has 1 aliphatic rings. The first kappa shape index (κ1) is 15.0. The number of nitrogens with zero attached hydrogens (tertiary/aromatic N) is 1. The number of nitrogens with one attached hydrogen (secondary N) is 2. The van der Waals surface area contributed by atoms with E-state index in [0.717, 1.165) is 32.6 Å². The number of carbonyl (C=O) groups is 2. The van der Waals surface area contributed by atoms with E-state index in [1.807, 2.05) is 4.90 Å². The van der Waals surface area contributed by atoms with Crippen LogP contribution in [0.3, 0.4) is 0 Å². The summed E-state index contributed by atoms with van der Waals surface area (Å²) in [5, 5.41) is 5.94. The Morgan fingerprint density at radius 2 is 2.22 bits per heavy atom. The number of rotatable bonds is 6. The van der Waals surface area contributed by atoms with Gasteiger partial charge in [-0.05, 0) is 38.3 Å². The molecule has 2 amide bonds. The lowest BCUT2D eigenvalue weighted by atomic mass is 9.99. The zero-order valence-corrected chi connectivity index (χ0v) is 11.5. The molecule has 0 spiro atoms. The van der Waals surface area contributed by atoms with Crippen molar-refractivity contribution in [1.29, 1.82) is 0 Å². The molecule has 0 bridgehead atoms. The van der Waals surface area contributed by atoms with Crippen molar-refractivity contribution in [1.82, 2.24) is 15.5 Å². The highest BCUT2D eigenvalue weighted by atomic mass is 16.2. The summed E-state index contributed by atoms with van der Waals surface area (Å²) >= 11 is 0. The van der Waals surface area contributed by atoms with Crippen LogP contribution in [0.5, 0.6) is 0 Å². The molecule has 1 unspecified atom stereocenters. The number of hydrogen-bond acceptors (Lipinski definition) is 3. The van der Waals surface area contributed by atoms with Crippen molar-refractivity contribution in [2.45, 2.75) is 33.1 Å². The van der Waals surface area contributed by atoms with Crippen molar-refractivity contribution >= 4 is 11.8 Å². The third kappa shape index (κ3) is 5.49. The first-order chi connectivity index (χ1) is 8.63. The zero-order chi connectivity index (χ0) is 13.4. The maximum atomic E-state index is 12.0. The number of hydrogen-bond donors (Lipinski definition) is 2. The van der Waals surface area contributed by atoms with Gasteiger partial charge >= 0.3 is 0 Å². The van der Waals surface area contributed by atoms with E-state index in [0.29, 0.717) is 5.92 Å². The SMILES string of the molecule is CCCN(CC1CCCNC1)C(=O)CNC(C)=O. The molecular weight excluding hydrogens is 230 g/mol. The Morgan fingerprint density at radius 3 is 2.78 bits per heavy atom. The smallest absolute Gasteiger partial charge is 0.241 e. The topological polar surface area (TPSA) is 61.4 Å². The van der Waals surface area contributed by atoms with E-state index in [-0.39, 0.29) is 18.4 Å². The fourth-order valence-electron chi connectivity index (χ4n) is 2.29. The number of amides is 2. The Labute approximate surface area is 109 Å². The van der Waals surface area contributed by atoms with Gasteiger partial charge in [-0.1, -0.05) is 6.92 Å². The van der Waals surface area contributed by atoms with Crippen molar-refractivity contribution in [2.75, 3.05) is 32.7 Å². The maximum absolute atomic E-state index is 12.0. The molecule has 0 aromatic heterocycles. The van der Waals surface area contributed by atoms with E-state index in [1.165, 1.54) is 19.8 Å². The van der Waals surface area contributed by atoms with Gasteiger partial charge in [0.05, 0.1) is 6.54 Å². The van der Waals surface area contributed by atoms with Crippen molar-refractivity contribution in [2.24, 2.45) is 5.92 Å². The van der Waals surface area contributed by atoms with E-state index in [4.69, 9.17) is 0 Å². The molecule has 0 saturated carbocycles. The molecule has 1 aliphatic heterocycles. The third-order valence-corrected chi connectivity index (χ3v) is 3.21. The van der Waals surface area contributed by atoms with E-state index < -0.39 is 0 Å². The lowest BCUT2D eigenvalue weighted by molar-refractivity contribution is -0.133. The Balaban J connectivity index is 2.41. The van der Waals surface area contributed by atoms with E-state index >= 15 is 0 Å². The van der Waals surface area contributed by atoms with Crippen molar-refractivity contribution in [3.8, 4) is 0 Å². The van der Waals surface area contributed by atoms with Crippen molar-refractivity contribution < 1.29 is 9.59 Å². The van der Waals surface area contributed by atoms with Gasteiger partial charge in [-0.15, -0.1) is 0 Å². The molecule has 1 rings (SSSR count). The Hall–Kier alpha value is -1.10. The monoisotopic (exact) mass is 255 g/mol. The quantitative estimate of drug-likeness (QED) is 0.720. The lowest BCUT2D eigenvalue weighted by Gasteiger charge is -2.30. The standard InChI is InChI=1S/C13H25N3O2/c1-3-7-16(13(18)9-15-11(2)17)10-12-5-4-6-14-8-12/h12,14H,3-10H2,1-2H3,(H,15,17). The molecule has 5 heteroatoms. The molecule has 1 atom stereocenters. The highest BCUT2D eigenvalue weighted by molar-refractivity contribution is 5.83. The molecule has 1 fully saturated rings. The molecule has 2 N–H and O–H groups in total. The van der Waals surface area contributed by atoms with Crippen LogP contribution in [0.25, 0.3) is 0 Å². The molecule has 1 saturated heterocycles. The van der Waals surface area contributed by atoms with Gasteiger partial charge in [0.25, 0.3) is 0 Å². The van der Waals surface area contributed by atoms with Crippen LogP contribution in [0.15, 0.2) is 0 Å². The van der Waals surface area contributed by atoms with Crippen LogP contribution in [0.1, 0.15) is 33.1 Å². The van der Waals surface area contributed by atoms with Gasteiger partial charge in [0.2, 0.25) is 11.8 Å². The van der Waals surface area contributed by atoms with Crippen LogP contribution in [-0.4, -0.2) is 49.4 Å². The second-order valence-corrected chi connectivity index (χ2v) is 4.96. The molecule has 1 heterocycles. The highest BCUT2D eigenvalue weighted by Gasteiger charge is 2.20. The van der Waals surface area contributed by atoms with Gasteiger partial charge in [0.1, 0.15) is 0 Å². The molecule has 5 nitrogen and oxygen atoms in total. The summed E-state index contributed by atoms with van der Waals surface area (Å²) in [5.74, 6) is 0.420. The van der Waals surface area contributed by atoms with Crippen LogP contribution in [0, 0.1) is 5.92 Å². The van der Waals surface area contributed by atoms with Gasteiger partial charge in [-0.2, -0.15) is 0 Å². The average molecular weight is 255 g/mol. The summed E-state index contributed by atoms with van der Waals surface area (Å²) in [4.78, 5) is 24.7. The largest absolute Gasteiger partial charge is 0.347 e. The molecule has 0 radical (unpaired) electrons. The summed E-state index contributed by atoms with van der Waals surface area (Å²) in [6.07, 6.45) is 3.32. The third-order valence-electron chi connectivity index (χ3n) is 3.21. The Kier molecular flexibility index (Phi) is 6.72. The molecule has 104 valence electrons. The molecule has 18 heavy (non-hydrogen) atoms. The van der Waals surface area contributed by atoms with Crippen LogP contribution < -0.4 is 10.6 Å². The predicted octanol–water partition coefficient (Wildman–Crippen LogP) is 0.361. The summed E-state index contributed by atoms with van der Waals surface area (Å²) in [6, 6.07) is 0. The summed E-state index contributed by atoms with van der Waals surface area (Å²) in [7, 11) is 0. The fourth-order valence-corrected chi connectivity index (χ4v) is 2.29. The molecule has 0 aromatic rings. The maximum Gasteiger partial charge on any atom is 0.241 e. The van der Waals surface area contributed by atoms with Crippen LogP contribution in [0.4, 0.5) is 0 Å². The van der Waals surface area contributed by atoms with E-state index in [2.05, 4.69) is 17.6 Å². The second-order valence-electron chi connectivity index (χ2n) is 4.96. The van der Waals surface area contributed by atoms with Gasteiger partial charge in [0, 0.05) is 20.0 Å². The van der Waals surface area contributed by atoms with Crippen LogP contribution >= 0.6 is 0 Å². The molecule has 0 aromatic carbocycles. The van der Waals surface area contributed by atoms with Gasteiger partial charge in [-0.3, -0.25) is 9.59 Å². The van der Waals surface area contributed by atoms with Crippen LogP contribution in [-0.2, 0) is 9.59 Å². The first-order valence-corrected chi connectivity index (χ1v) is 6.86. The predicted molar refractivity (Wildman–Crippen MR) is 71.1 cm³/mol. The minimum Gasteiger partial charge on any atom is -0.347 e. The summed E-state index contributed by atoms with van der Waals surface area (Å²) < 4.78 is 0. The molecular formula is C13H25N3O2. The minimum absolute atomic E-state index is 0.0256. The zero-order valence-electron chi connectivity index (χ0n) is 11.5. The summed E-state index contributed by atoms with van der Waals surface area (Å²) in [6.45, 7) is 7.28. The highest BCUT2D eigenvalue weighted by Crippen LogP contribution is 2.12. The van der Waals surface area contributed by atoms with Gasteiger partial charge in [-0.25, -0.2) is 0 Å². The Bertz CT molecular complexity index is 275. The lowest BCUT2D eigenvalue weighted by Crippen LogP contribution is -2.45. The number of piperidine rings is 1. The summed E-state index contributed by atoms with van der Waals surface area (Å²) in [5.41, 5.74) is 0. The number of carbonyl (C=O) groups excluding carboxylic acids is 2. The van der Waals surface area contributed by atoms with E-state index in [9.17, 15) is 9.59 Å². The average Bonchev–Trinajstić information content (AvgIpc) is 2.36.